The van der Waals surface area contributed by atoms with E-state index in [4.69, 9.17) is 0 Å². The molecule has 1 fully saturated rings. The van der Waals surface area contributed by atoms with Gasteiger partial charge < -0.3 is 15.0 Å². The number of imidazole rings is 1. The van der Waals surface area contributed by atoms with Gasteiger partial charge in [-0.05, 0) is 31.8 Å². The van der Waals surface area contributed by atoms with Crippen molar-refractivity contribution in [2.75, 3.05) is 25.0 Å². The molecule has 0 amide bonds. The van der Waals surface area contributed by atoms with Gasteiger partial charge in [0, 0.05) is 31.3 Å². The number of rotatable bonds is 3. The molecule has 0 spiro atoms. The molecule has 2 aromatic heterocycles. The van der Waals surface area contributed by atoms with Crippen LogP contribution in [-0.4, -0.2) is 34.0 Å². The van der Waals surface area contributed by atoms with Crippen LogP contribution >= 0.6 is 0 Å². The van der Waals surface area contributed by atoms with E-state index in [1.54, 1.807) is 12.4 Å². The summed E-state index contributed by atoms with van der Waals surface area (Å²) in [4.78, 5) is 8.66. The molecule has 0 atom stereocenters. The van der Waals surface area contributed by atoms with E-state index < -0.39 is 0 Å². The number of nitrogens with one attached hydrogen (secondary N) is 2. The normalized spacial score (nSPS) is 17.4. The number of hydrogen-bond donors (Lipinski definition) is 2. The van der Waals surface area contributed by atoms with Crippen LogP contribution < -0.4 is 10.6 Å². The molecule has 3 rings (SSSR count). The molecule has 90 valence electrons. The van der Waals surface area contributed by atoms with Crippen LogP contribution in [0.5, 0.6) is 0 Å². The average Bonchev–Trinajstić information content (AvgIpc) is 2.86. The summed E-state index contributed by atoms with van der Waals surface area (Å²) in [6.45, 7) is 3.25. The van der Waals surface area contributed by atoms with E-state index in [2.05, 4.69) is 20.6 Å². The van der Waals surface area contributed by atoms with Crippen molar-refractivity contribution in [3.05, 3.63) is 24.8 Å². The molecule has 0 unspecified atom stereocenters. The van der Waals surface area contributed by atoms with Gasteiger partial charge in [0.1, 0.15) is 0 Å². The van der Waals surface area contributed by atoms with E-state index in [0.29, 0.717) is 0 Å². The number of hydrogen-bond acceptors (Lipinski definition) is 4. The molecule has 0 bridgehead atoms. The van der Waals surface area contributed by atoms with Gasteiger partial charge in [0.15, 0.2) is 11.5 Å². The molecular weight excluding hydrogens is 214 g/mol. The summed E-state index contributed by atoms with van der Waals surface area (Å²) >= 11 is 0. The van der Waals surface area contributed by atoms with E-state index in [0.717, 1.165) is 37.0 Å². The van der Waals surface area contributed by atoms with Crippen LogP contribution in [0, 0.1) is 5.92 Å². The van der Waals surface area contributed by atoms with Crippen LogP contribution in [0.25, 0.3) is 5.65 Å². The first-order valence-corrected chi connectivity index (χ1v) is 6.16. The highest BCUT2D eigenvalue weighted by Gasteiger charge is 2.13. The summed E-state index contributed by atoms with van der Waals surface area (Å²) in [5, 5.41) is 6.80. The molecule has 0 aliphatic carbocycles. The highest BCUT2D eigenvalue weighted by atomic mass is 15.1. The second kappa shape index (κ2) is 4.71. The van der Waals surface area contributed by atoms with Crippen LogP contribution in [-0.2, 0) is 0 Å². The Balaban J connectivity index is 1.69. The van der Waals surface area contributed by atoms with E-state index in [1.807, 2.05) is 16.8 Å². The monoisotopic (exact) mass is 231 g/mol. The van der Waals surface area contributed by atoms with Gasteiger partial charge in [0.05, 0.1) is 0 Å². The lowest BCUT2D eigenvalue weighted by molar-refractivity contribution is 0.389. The molecule has 1 aliphatic rings. The molecule has 5 nitrogen and oxygen atoms in total. The van der Waals surface area contributed by atoms with Crippen LogP contribution in [0.15, 0.2) is 24.8 Å². The molecule has 3 heterocycles. The van der Waals surface area contributed by atoms with Crippen molar-refractivity contribution >= 4 is 11.5 Å². The van der Waals surface area contributed by atoms with Crippen molar-refractivity contribution in [1.82, 2.24) is 19.7 Å². The second-order valence-electron chi connectivity index (χ2n) is 4.51. The minimum atomic E-state index is 0.744. The maximum Gasteiger partial charge on any atom is 0.180 e. The number of fused-ring (bicyclic) bond motifs is 1. The maximum atomic E-state index is 4.35. The van der Waals surface area contributed by atoms with E-state index >= 15 is 0 Å². The van der Waals surface area contributed by atoms with E-state index in [1.165, 1.54) is 12.8 Å². The minimum Gasteiger partial charge on any atom is -0.367 e. The van der Waals surface area contributed by atoms with Crippen molar-refractivity contribution in [2.45, 2.75) is 12.8 Å². The standard InChI is InChI=1S/C12H17N5/c1-3-13-4-2-10(1)9-16-11-12-15-6-8-17(12)7-5-14-11/h5-8,10,13H,1-4,9H2,(H,14,16). The van der Waals surface area contributed by atoms with Gasteiger partial charge in [-0.15, -0.1) is 0 Å². The largest absolute Gasteiger partial charge is 0.367 e. The van der Waals surface area contributed by atoms with Crippen LogP contribution in [0.4, 0.5) is 5.82 Å². The van der Waals surface area contributed by atoms with Gasteiger partial charge in [-0.2, -0.15) is 0 Å². The number of anilines is 1. The highest BCUT2D eigenvalue weighted by Crippen LogP contribution is 2.15. The smallest absolute Gasteiger partial charge is 0.180 e. The first kappa shape index (κ1) is 10.5. The molecular formula is C12H17N5. The number of aromatic nitrogens is 3. The van der Waals surface area contributed by atoms with Crippen molar-refractivity contribution in [2.24, 2.45) is 5.92 Å². The lowest BCUT2D eigenvalue weighted by Crippen LogP contribution is -2.31. The minimum absolute atomic E-state index is 0.744. The van der Waals surface area contributed by atoms with Gasteiger partial charge in [-0.3, -0.25) is 0 Å². The summed E-state index contributed by atoms with van der Waals surface area (Å²) in [5.74, 6) is 1.63. The summed E-state index contributed by atoms with van der Waals surface area (Å²) in [6, 6.07) is 0. The van der Waals surface area contributed by atoms with Crippen LogP contribution in [0.1, 0.15) is 12.8 Å². The van der Waals surface area contributed by atoms with Crippen molar-refractivity contribution in [3.8, 4) is 0 Å². The third-order valence-corrected chi connectivity index (χ3v) is 3.33. The molecule has 5 heteroatoms. The first-order chi connectivity index (χ1) is 8.43. The van der Waals surface area contributed by atoms with Crippen molar-refractivity contribution in [1.29, 1.82) is 0 Å². The van der Waals surface area contributed by atoms with Gasteiger partial charge in [-0.1, -0.05) is 0 Å². The Morgan fingerprint density at radius 2 is 2.00 bits per heavy atom. The third-order valence-electron chi connectivity index (χ3n) is 3.33. The van der Waals surface area contributed by atoms with Gasteiger partial charge >= 0.3 is 0 Å². The third kappa shape index (κ3) is 2.24. The van der Waals surface area contributed by atoms with Crippen molar-refractivity contribution < 1.29 is 0 Å². The van der Waals surface area contributed by atoms with Gasteiger partial charge in [0.2, 0.25) is 0 Å². The Bertz CT molecular complexity index is 486. The Morgan fingerprint density at radius 1 is 1.24 bits per heavy atom. The quantitative estimate of drug-likeness (QED) is 0.831. The lowest BCUT2D eigenvalue weighted by Gasteiger charge is -2.22. The fourth-order valence-corrected chi connectivity index (χ4v) is 2.31. The topological polar surface area (TPSA) is 54.2 Å². The fourth-order valence-electron chi connectivity index (χ4n) is 2.31. The zero-order valence-corrected chi connectivity index (χ0v) is 9.76. The van der Waals surface area contributed by atoms with Gasteiger partial charge in [-0.25, -0.2) is 9.97 Å². The molecule has 0 radical (unpaired) electrons. The maximum absolute atomic E-state index is 4.35. The Labute approximate surface area is 100 Å². The number of piperidine rings is 1. The van der Waals surface area contributed by atoms with Gasteiger partial charge in [0.25, 0.3) is 0 Å². The molecule has 17 heavy (non-hydrogen) atoms. The zero-order valence-electron chi connectivity index (χ0n) is 9.76. The van der Waals surface area contributed by atoms with Crippen molar-refractivity contribution in [3.63, 3.8) is 0 Å². The lowest BCUT2D eigenvalue weighted by atomic mass is 9.98. The Morgan fingerprint density at radius 3 is 2.82 bits per heavy atom. The predicted molar refractivity (Wildman–Crippen MR) is 67.1 cm³/mol. The van der Waals surface area contributed by atoms with Crippen LogP contribution in [0.3, 0.4) is 0 Å². The molecule has 1 saturated heterocycles. The molecule has 1 aliphatic heterocycles. The summed E-state index contributed by atoms with van der Waals surface area (Å²) < 4.78 is 1.98. The van der Waals surface area contributed by atoms with Crippen LogP contribution in [0.2, 0.25) is 0 Å². The SMILES string of the molecule is c1cn2ccnc2c(NCC2CCNCC2)n1. The summed E-state index contributed by atoms with van der Waals surface area (Å²) in [7, 11) is 0. The summed E-state index contributed by atoms with van der Waals surface area (Å²) in [5.41, 5.74) is 0.904. The number of nitrogens with zero attached hydrogens (tertiary/aromatic N) is 3. The summed E-state index contributed by atoms with van der Waals surface area (Å²) in [6.07, 6.45) is 9.94. The average molecular weight is 231 g/mol. The molecule has 0 aromatic carbocycles. The predicted octanol–water partition coefficient (Wildman–Crippen LogP) is 1.14. The molecule has 2 aromatic rings. The van der Waals surface area contributed by atoms with E-state index in [9.17, 15) is 0 Å². The first-order valence-electron chi connectivity index (χ1n) is 6.16. The fraction of sp³-hybridized carbons (Fsp3) is 0.500. The Hall–Kier alpha value is -1.62. The second-order valence-corrected chi connectivity index (χ2v) is 4.51. The Kier molecular flexibility index (Phi) is 2.92. The molecule has 0 saturated carbocycles. The highest BCUT2D eigenvalue weighted by molar-refractivity contribution is 5.62. The van der Waals surface area contributed by atoms with E-state index in [-0.39, 0.29) is 0 Å². The molecule has 2 N–H and O–H groups in total. The zero-order chi connectivity index (χ0) is 11.5.